The zero-order valence-electron chi connectivity index (χ0n) is 17.9. The molecule has 0 aliphatic carbocycles. The minimum Gasteiger partial charge on any atom is -0.393 e. The number of amides is 1. The number of unbranched alkanes of at least 4 members (excludes halogenated alkanes) is 5. The van der Waals surface area contributed by atoms with E-state index in [1.165, 1.54) is 39.5 Å². The zero-order chi connectivity index (χ0) is 21.5. The summed E-state index contributed by atoms with van der Waals surface area (Å²) >= 11 is 0. The number of nitrogens with one attached hydrogen (secondary N) is 1. The summed E-state index contributed by atoms with van der Waals surface area (Å²) in [7, 11) is 0. The van der Waals surface area contributed by atoms with Crippen LogP contribution < -0.4 is 16.8 Å². The normalized spacial score (nSPS) is 15.5. The average molecular weight is 400 g/mol. The van der Waals surface area contributed by atoms with Gasteiger partial charge in [0.1, 0.15) is 5.78 Å². The van der Waals surface area contributed by atoms with Gasteiger partial charge in [0.15, 0.2) is 5.78 Å². The smallest absolute Gasteiger partial charge is 0.226 e. The Morgan fingerprint density at radius 3 is 2.07 bits per heavy atom. The Hall–Kier alpha value is -1.31. The SMILES string of the molecule is CCCCCCCCC(CN)CC(=O)C[C@H](C(=O)N[C@@H](CN)C(C)=O)[C@H](C)O. The van der Waals surface area contributed by atoms with E-state index in [4.69, 9.17) is 11.5 Å². The van der Waals surface area contributed by atoms with Crippen LogP contribution in [0, 0.1) is 11.8 Å². The lowest BCUT2D eigenvalue weighted by atomic mass is 9.89. The maximum absolute atomic E-state index is 12.5. The third-order valence-electron chi connectivity index (χ3n) is 5.23. The van der Waals surface area contributed by atoms with E-state index in [0.29, 0.717) is 13.0 Å². The number of nitrogens with two attached hydrogens (primary N) is 2. The lowest BCUT2D eigenvalue weighted by Crippen LogP contribution is -2.49. The summed E-state index contributed by atoms with van der Waals surface area (Å²) in [5.74, 6) is -1.66. The van der Waals surface area contributed by atoms with E-state index >= 15 is 0 Å². The summed E-state index contributed by atoms with van der Waals surface area (Å²) in [6.07, 6.45) is 7.29. The second-order valence-corrected chi connectivity index (χ2v) is 7.86. The molecular weight excluding hydrogens is 358 g/mol. The van der Waals surface area contributed by atoms with Gasteiger partial charge in [0.2, 0.25) is 5.91 Å². The van der Waals surface area contributed by atoms with Gasteiger partial charge in [-0.1, -0.05) is 45.4 Å². The Morgan fingerprint density at radius 1 is 0.964 bits per heavy atom. The molecule has 0 aromatic heterocycles. The molecule has 0 aliphatic rings. The highest BCUT2D eigenvalue weighted by Gasteiger charge is 2.29. The summed E-state index contributed by atoms with van der Waals surface area (Å²) in [6, 6.07) is -0.798. The van der Waals surface area contributed by atoms with Crippen molar-refractivity contribution in [1.29, 1.82) is 0 Å². The van der Waals surface area contributed by atoms with Crippen molar-refractivity contribution in [3.63, 3.8) is 0 Å². The van der Waals surface area contributed by atoms with Crippen molar-refractivity contribution in [3.8, 4) is 0 Å². The summed E-state index contributed by atoms with van der Waals surface area (Å²) in [4.78, 5) is 36.3. The average Bonchev–Trinajstić information content (AvgIpc) is 2.65. The van der Waals surface area contributed by atoms with Crippen molar-refractivity contribution in [1.82, 2.24) is 5.32 Å². The summed E-state index contributed by atoms with van der Waals surface area (Å²) in [6.45, 7) is 5.42. The predicted molar refractivity (Wildman–Crippen MR) is 112 cm³/mol. The van der Waals surface area contributed by atoms with Crippen LogP contribution in [0.5, 0.6) is 0 Å². The quantitative estimate of drug-likeness (QED) is 0.275. The molecule has 7 nitrogen and oxygen atoms in total. The van der Waals surface area contributed by atoms with Crippen LogP contribution in [0.3, 0.4) is 0 Å². The van der Waals surface area contributed by atoms with Gasteiger partial charge in [-0.2, -0.15) is 0 Å². The predicted octanol–water partition coefficient (Wildman–Crippen LogP) is 1.69. The molecule has 4 atom stereocenters. The van der Waals surface area contributed by atoms with Crippen LogP contribution in [0.15, 0.2) is 0 Å². The van der Waals surface area contributed by atoms with Crippen LogP contribution >= 0.6 is 0 Å². The number of carbonyl (C=O) groups is 3. The Balaban J connectivity index is 4.53. The maximum atomic E-state index is 12.5. The maximum Gasteiger partial charge on any atom is 0.226 e. The molecule has 0 saturated heterocycles. The highest BCUT2D eigenvalue weighted by Crippen LogP contribution is 2.18. The molecule has 1 unspecified atom stereocenters. The molecule has 1 amide bonds. The van der Waals surface area contributed by atoms with Gasteiger partial charge in [0.25, 0.3) is 0 Å². The van der Waals surface area contributed by atoms with Gasteiger partial charge < -0.3 is 21.9 Å². The highest BCUT2D eigenvalue weighted by molar-refractivity contribution is 5.91. The first-order valence-corrected chi connectivity index (χ1v) is 10.7. The van der Waals surface area contributed by atoms with Crippen LogP contribution in [0.4, 0.5) is 0 Å². The summed E-state index contributed by atoms with van der Waals surface area (Å²) in [5.41, 5.74) is 11.3. The van der Waals surface area contributed by atoms with E-state index < -0.39 is 24.0 Å². The first-order chi connectivity index (χ1) is 13.3. The first-order valence-electron chi connectivity index (χ1n) is 10.7. The van der Waals surface area contributed by atoms with Gasteiger partial charge >= 0.3 is 0 Å². The van der Waals surface area contributed by atoms with Crippen LogP contribution in [-0.2, 0) is 14.4 Å². The lowest BCUT2D eigenvalue weighted by Gasteiger charge is -2.22. The Bertz CT molecular complexity index is 469. The minimum atomic E-state index is -0.996. The van der Waals surface area contributed by atoms with Crippen molar-refractivity contribution in [2.75, 3.05) is 13.1 Å². The van der Waals surface area contributed by atoms with E-state index in [2.05, 4.69) is 12.2 Å². The molecule has 28 heavy (non-hydrogen) atoms. The third kappa shape index (κ3) is 11.5. The van der Waals surface area contributed by atoms with E-state index in [0.717, 1.165) is 19.3 Å². The third-order valence-corrected chi connectivity index (χ3v) is 5.23. The number of aliphatic hydroxyl groups is 1. The fourth-order valence-electron chi connectivity index (χ4n) is 3.25. The second-order valence-electron chi connectivity index (χ2n) is 7.86. The van der Waals surface area contributed by atoms with Crippen molar-refractivity contribution in [3.05, 3.63) is 0 Å². The van der Waals surface area contributed by atoms with Crippen LogP contribution in [0.2, 0.25) is 0 Å². The zero-order valence-corrected chi connectivity index (χ0v) is 17.9. The lowest BCUT2D eigenvalue weighted by molar-refractivity contribution is -0.135. The van der Waals surface area contributed by atoms with Gasteiger partial charge in [0.05, 0.1) is 18.1 Å². The molecule has 0 saturated carbocycles. The van der Waals surface area contributed by atoms with Crippen LogP contribution in [-0.4, -0.2) is 47.8 Å². The summed E-state index contributed by atoms with van der Waals surface area (Å²) in [5, 5.41) is 12.5. The minimum absolute atomic E-state index is 0.0188. The molecule has 164 valence electrons. The standard InChI is InChI=1S/C21H41N3O4/c1-4-5-6-7-8-9-10-17(13-22)11-18(27)12-19(15(2)25)21(28)24-20(14-23)16(3)26/h15,17,19-20,25H,4-14,22-23H2,1-3H3,(H,24,28)/t15-,17?,19-,20-/m0/s1. The van der Waals surface area contributed by atoms with Crippen molar-refractivity contribution in [2.45, 2.75) is 90.7 Å². The number of aliphatic hydroxyl groups excluding tert-OH is 1. The molecule has 6 N–H and O–H groups in total. The number of carbonyl (C=O) groups excluding carboxylic acids is 3. The number of rotatable bonds is 17. The van der Waals surface area contributed by atoms with Crippen LogP contribution in [0.25, 0.3) is 0 Å². The number of hydrogen-bond donors (Lipinski definition) is 4. The van der Waals surface area contributed by atoms with Gasteiger partial charge in [-0.05, 0) is 32.7 Å². The Kier molecular flexibility index (Phi) is 14.9. The molecule has 7 heteroatoms. The van der Waals surface area contributed by atoms with Crippen LogP contribution in [0.1, 0.15) is 78.6 Å². The molecule has 0 aromatic rings. The topological polar surface area (TPSA) is 136 Å². The van der Waals surface area contributed by atoms with Gasteiger partial charge in [-0.3, -0.25) is 14.4 Å². The van der Waals surface area contributed by atoms with Crippen molar-refractivity contribution < 1.29 is 19.5 Å². The first kappa shape index (κ1) is 26.7. The Labute approximate surface area is 170 Å². The van der Waals surface area contributed by atoms with E-state index in [-0.39, 0.29) is 30.4 Å². The molecule has 0 aromatic carbocycles. The van der Waals surface area contributed by atoms with Gasteiger partial charge in [-0.15, -0.1) is 0 Å². The Morgan fingerprint density at radius 2 is 1.57 bits per heavy atom. The van der Waals surface area contributed by atoms with Gasteiger partial charge in [0, 0.05) is 19.4 Å². The fourth-order valence-corrected chi connectivity index (χ4v) is 3.25. The van der Waals surface area contributed by atoms with E-state index in [1.54, 1.807) is 0 Å². The molecule has 0 radical (unpaired) electrons. The number of hydrogen-bond acceptors (Lipinski definition) is 6. The number of Topliss-reactive ketones (excluding diaryl/α,β-unsaturated/α-hetero) is 2. The fraction of sp³-hybridized carbons (Fsp3) is 0.857. The van der Waals surface area contributed by atoms with Crippen molar-refractivity contribution in [2.24, 2.45) is 23.3 Å². The van der Waals surface area contributed by atoms with E-state index in [1.807, 2.05) is 0 Å². The second kappa shape index (κ2) is 15.6. The highest BCUT2D eigenvalue weighted by atomic mass is 16.3. The molecule has 0 bridgehead atoms. The largest absolute Gasteiger partial charge is 0.393 e. The van der Waals surface area contributed by atoms with E-state index in [9.17, 15) is 19.5 Å². The molecule has 0 heterocycles. The monoisotopic (exact) mass is 399 g/mol. The molecule has 0 fully saturated rings. The molecule has 0 spiro atoms. The van der Waals surface area contributed by atoms with Gasteiger partial charge in [-0.25, -0.2) is 0 Å². The van der Waals surface area contributed by atoms with Crippen molar-refractivity contribution >= 4 is 17.5 Å². The summed E-state index contributed by atoms with van der Waals surface area (Å²) < 4.78 is 0. The number of ketones is 2. The molecule has 0 aliphatic heterocycles. The molecule has 0 rings (SSSR count). The molecular formula is C21H41N3O4.